The number of ether oxygens (including phenoxy) is 3. The Balaban J connectivity index is 0.000000584. The maximum atomic E-state index is 12.1. The number of rotatable bonds is 13. The van der Waals surface area contributed by atoms with Gasteiger partial charge < -0.3 is 35.9 Å². The third-order valence-corrected chi connectivity index (χ3v) is 6.64. The number of Topliss-reactive ketones (excluding diaryl/α,β-unsaturated/α-hetero) is 1. The molecule has 2 aromatic carbocycles. The molecule has 262 valence electrons. The van der Waals surface area contributed by atoms with Gasteiger partial charge in [0, 0.05) is 5.69 Å². The van der Waals surface area contributed by atoms with E-state index in [0.29, 0.717) is 12.8 Å². The summed E-state index contributed by atoms with van der Waals surface area (Å²) >= 11 is 0. The highest BCUT2D eigenvalue weighted by atomic mass is 16.6. The lowest BCUT2D eigenvalue weighted by atomic mass is 9.96. The van der Waals surface area contributed by atoms with Crippen LogP contribution in [0.5, 0.6) is 0 Å². The first-order valence-electron chi connectivity index (χ1n) is 16.1. The number of benzene rings is 2. The first-order valence-corrected chi connectivity index (χ1v) is 16.1. The molecule has 0 heterocycles. The minimum absolute atomic E-state index is 0.0415. The molecule has 5 N–H and O–H groups in total. The number of esters is 1. The number of aryl methyl sites for hydroxylation is 1. The van der Waals surface area contributed by atoms with Crippen LogP contribution in [0.25, 0.3) is 0 Å². The molecule has 0 fully saturated rings. The first kappa shape index (κ1) is 40.9. The average molecular weight is 657 g/mol. The van der Waals surface area contributed by atoms with Crippen molar-refractivity contribution in [2.45, 2.75) is 125 Å². The van der Waals surface area contributed by atoms with Crippen molar-refractivity contribution in [1.82, 2.24) is 10.6 Å². The van der Waals surface area contributed by atoms with Gasteiger partial charge in [-0.25, -0.2) is 9.59 Å². The lowest BCUT2D eigenvalue weighted by molar-refractivity contribution is -0.146. The van der Waals surface area contributed by atoms with Gasteiger partial charge in [-0.1, -0.05) is 62.7 Å². The van der Waals surface area contributed by atoms with Gasteiger partial charge in [0.1, 0.15) is 23.9 Å². The van der Waals surface area contributed by atoms with Crippen molar-refractivity contribution in [2.24, 2.45) is 11.7 Å². The number of hydrogen-bond acceptors (Lipinski definition) is 9. The second kappa shape index (κ2) is 19.5. The predicted molar refractivity (Wildman–Crippen MR) is 185 cm³/mol. The van der Waals surface area contributed by atoms with E-state index in [1.165, 1.54) is 6.92 Å². The van der Waals surface area contributed by atoms with Crippen molar-refractivity contribution in [3.63, 3.8) is 0 Å². The van der Waals surface area contributed by atoms with Gasteiger partial charge in [0.05, 0.1) is 12.2 Å². The minimum atomic E-state index is -0.687. The van der Waals surface area contributed by atoms with Gasteiger partial charge >= 0.3 is 18.2 Å². The van der Waals surface area contributed by atoms with Crippen molar-refractivity contribution in [3.05, 3.63) is 65.7 Å². The van der Waals surface area contributed by atoms with Crippen LogP contribution in [0.15, 0.2) is 54.6 Å². The molecule has 11 nitrogen and oxygen atoms in total. The summed E-state index contributed by atoms with van der Waals surface area (Å²) in [5.74, 6) is -0.335. The third kappa shape index (κ3) is 18.6. The number of ketones is 1. The number of nitrogens with one attached hydrogen (secondary N) is 3. The summed E-state index contributed by atoms with van der Waals surface area (Å²) in [6, 6.07) is 16.1. The molecule has 2 aromatic rings. The molecule has 4 atom stereocenters. The lowest BCUT2D eigenvalue weighted by Gasteiger charge is -2.25. The highest BCUT2D eigenvalue weighted by molar-refractivity contribution is 5.85. The maximum Gasteiger partial charge on any atom is 0.409 e. The second-order valence-corrected chi connectivity index (χ2v) is 13.6. The van der Waals surface area contributed by atoms with Crippen molar-refractivity contribution in [2.75, 3.05) is 5.32 Å². The molecule has 47 heavy (non-hydrogen) atoms. The molecule has 0 aliphatic rings. The quantitative estimate of drug-likeness (QED) is 0.107. The molecule has 0 bridgehead atoms. The fourth-order valence-electron chi connectivity index (χ4n) is 4.18. The van der Waals surface area contributed by atoms with Gasteiger partial charge in [-0.3, -0.25) is 9.59 Å². The van der Waals surface area contributed by atoms with E-state index in [1.807, 2.05) is 96.1 Å². The molecule has 3 unspecified atom stereocenters. The highest BCUT2D eigenvalue weighted by Crippen LogP contribution is 2.15. The zero-order valence-corrected chi connectivity index (χ0v) is 29.8. The third-order valence-electron chi connectivity index (χ3n) is 6.64. The smallest absolute Gasteiger partial charge is 0.409 e. The standard InChI is InChI=1S/C24H33N3O4.C12H23NO3/c1-17(27-23(29)31-24(2,3)4)26-20-12-8-11-18(15-20)13-14-21(25)22(28)30-16-19-9-6-5-7-10-19;1-7-8(2)10(9(3)14)13-11(15)16-12(4,5)6/h5-12,15,17,21,26H,13-14,16,25H2,1-4H3,(H,27,29);8,10H,7H2,1-6H3,(H,13,15)/t;8?,10-/m.0/s1. The van der Waals surface area contributed by atoms with E-state index in [0.717, 1.165) is 23.2 Å². The summed E-state index contributed by atoms with van der Waals surface area (Å²) in [6.07, 6.45) is 0.602. The van der Waals surface area contributed by atoms with Gasteiger partial charge in [-0.05, 0) is 97.4 Å². The second-order valence-electron chi connectivity index (χ2n) is 13.6. The lowest BCUT2D eigenvalue weighted by Crippen LogP contribution is -2.46. The predicted octanol–water partition coefficient (Wildman–Crippen LogP) is 6.49. The van der Waals surface area contributed by atoms with Gasteiger partial charge in [0.15, 0.2) is 5.78 Å². The SMILES string of the molecule is CC(NC(=O)OC(C)(C)C)Nc1cccc(CCC(N)C(=O)OCc2ccccc2)c1.CCC(C)[C@H](NC(=O)OC(C)(C)C)C(C)=O. The highest BCUT2D eigenvalue weighted by Gasteiger charge is 2.25. The topological polar surface area (TPSA) is 158 Å². The Morgan fingerprint density at radius 1 is 0.809 bits per heavy atom. The Kier molecular flexibility index (Phi) is 17.0. The molecule has 0 aliphatic heterocycles. The van der Waals surface area contributed by atoms with E-state index in [-0.39, 0.29) is 24.5 Å². The summed E-state index contributed by atoms with van der Waals surface area (Å²) in [7, 11) is 0. The Bertz CT molecular complexity index is 1270. The molecular formula is C36H56N4O7. The van der Waals surface area contributed by atoms with E-state index in [9.17, 15) is 19.2 Å². The maximum absolute atomic E-state index is 12.1. The molecule has 0 spiro atoms. The summed E-state index contributed by atoms with van der Waals surface area (Å²) in [4.78, 5) is 46.9. The Labute approximate surface area is 280 Å². The first-order chi connectivity index (χ1) is 21.8. The molecule has 0 radical (unpaired) electrons. The van der Waals surface area contributed by atoms with Crippen LogP contribution in [0.3, 0.4) is 0 Å². The largest absolute Gasteiger partial charge is 0.460 e. The van der Waals surface area contributed by atoms with Crippen molar-refractivity contribution < 1.29 is 33.4 Å². The van der Waals surface area contributed by atoms with Crippen LogP contribution >= 0.6 is 0 Å². The van der Waals surface area contributed by atoms with E-state index < -0.39 is 41.4 Å². The molecule has 2 rings (SSSR count). The Morgan fingerprint density at radius 3 is 1.89 bits per heavy atom. The van der Waals surface area contributed by atoms with Crippen LogP contribution in [-0.4, -0.2) is 53.4 Å². The zero-order chi connectivity index (χ0) is 35.8. The number of hydrogen-bond donors (Lipinski definition) is 4. The molecule has 0 saturated carbocycles. The molecule has 0 aromatic heterocycles. The molecular weight excluding hydrogens is 600 g/mol. The normalized spacial score (nSPS) is 13.8. The van der Waals surface area contributed by atoms with Gasteiger partial charge in [-0.15, -0.1) is 0 Å². The number of carbonyl (C=O) groups is 4. The monoisotopic (exact) mass is 656 g/mol. The number of nitrogens with two attached hydrogens (primary N) is 1. The zero-order valence-electron chi connectivity index (χ0n) is 29.8. The van der Waals surface area contributed by atoms with Crippen LogP contribution in [-0.2, 0) is 36.8 Å². The molecule has 11 heteroatoms. The number of alkyl carbamates (subject to hydrolysis) is 2. The Hall–Kier alpha value is -4.12. The number of anilines is 1. The van der Waals surface area contributed by atoms with Gasteiger partial charge in [0.25, 0.3) is 0 Å². The minimum Gasteiger partial charge on any atom is -0.460 e. The average Bonchev–Trinajstić information content (AvgIpc) is 2.96. The van der Waals surface area contributed by atoms with E-state index in [2.05, 4.69) is 16.0 Å². The van der Waals surface area contributed by atoms with Crippen molar-refractivity contribution in [1.29, 1.82) is 0 Å². The van der Waals surface area contributed by atoms with E-state index in [1.54, 1.807) is 20.8 Å². The number of amides is 2. The number of carbonyl (C=O) groups excluding carboxylic acids is 4. The Morgan fingerprint density at radius 2 is 1.36 bits per heavy atom. The van der Waals surface area contributed by atoms with Gasteiger partial charge in [0.2, 0.25) is 0 Å². The summed E-state index contributed by atoms with van der Waals surface area (Å²) in [6.45, 7) is 18.3. The van der Waals surface area contributed by atoms with Crippen LogP contribution in [0.1, 0.15) is 93.2 Å². The molecule has 2 amide bonds. The summed E-state index contributed by atoms with van der Waals surface area (Å²) < 4.78 is 15.7. The van der Waals surface area contributed by atoms with Crippen molar-refractivity contribution in [3.8, 4) is 0 Å². The van der Waals surface area contributed by atoms with Crippen molar-refractivity contribution >= 4 is 29.6 Å². The van der Waals surface area contributed by atoms with Crippen LogP contribution in [0.4, 0.5) is 15.3 Å². The van der Waals surface area contributed by atoms with Gasteiger partial charge in [-0.2, -0.15) is 0 Å². The van der Waals surface area contributed by atoms with Crippen LogP contribution < -0.4 is 21.7 Å². The van der Waals surface area contributed by atoms with E-state index in [4.69, 9.17) is 19.9 Å². The van der Waals surface area contributed by atoms with E-state index >= 15 is 0 Å². The van der Waals surface area contributed by atoms with Crippen LogP contribution in [0, 0.1) is 5.92 Å². The molecule has 0 aliphatic carbocycles. The summed E-state index contributed by atoms with van der Waals surface area (Å²) in [5, 5.41) is 8.57. The molecule has 0 saturated heterocycles. The fourth-order valence-corrected chi connectivity index (χ4v) is 4.18. The van der Waals surface area contributed by atoms with Crippen LogP contribution in [0.2, 0.25) is 0 Å². The fraction of sp³-hybridized carbons (Fsp3) is 0.556. The summed E-state index contributed by atoms with van der Waals surface area (Å²) in [5.41, 5.74) is 7.71.